The number of aliphatic hydroxyl groups is 1. The molecule has 0 fully saturated rings. The summed E-state index contributed by atoms with van der Waals surface area (Å²) >= 11 is 1.52. The lowest BCUT2D eigenvalue weighted by molar-refractivity contribution is 0.0604. The average molecular weight is 318 g/mol. The highest BCUT2D eigenvalue weighted by atomic mass is 32.1. The van der Waals surface area contributed by atoms with Crippen LogP contribution in [0.2, 0.25) is 0 Å². The molecule has 1 aromatic heterocycles. The predicted octanol–water partition coefficient (Wildman–Crippen LogP) is 3.90. The Morgan fingerprint density at radius 2 is 2.05 bits per heavy atom. The Balaban J connectivity index is 1.97. The molecule has 2 aromatic rings. The van der Waals surface area contributed by atoms with Crippen LogP contribution in [0, 0.1) is 0 Å². The minimum atomic E-state index is -1.07. The summed E-state index contributed by atoms with van der Waals surface area (Å²) in [6.45, 7) is 6.01. The molecule has 0 bridgehead atoms. The van der Waals surface area contributed by atoms with Crippen LogP contribution in [-0.2, 0) is 5.60 Å². The molecular formula is C17H22N2O2S. The number of rotatable bonds is 5. The third kappa shape index (κ3) is 4.08. The zero-order valence-corrected chi connectivity index (χ0v) is 13.9. The first kappa shape index (κ1) is 16.5. The van der Waals surface area contributed by atoms with E-state index in [0.29, 0.717) is 5.92 Å². The molecule has 0 radical (unpaired) electrons. The Kier molecular flexibility index (Phi) is 5.21. The highest BCUT2D eigenvalue weighted by Gasteiger charge is 2.24. The second kappa shape index (κ2) is 6.94. The molecule has 0 saturated carbocycles. The van der Waals surface area contributed by atoms with E-state index >= 15 is 0 Å². The average Bonchev–Trinajstić information content (AvgIpc) is 3.01. The Bertz CT molecular complexity index is 621. The fraction of sp³-hybridized carbons (Fsp3) is 0.353. The molecule has 2 amide bonds. The van der Waals surface area contributed by atoms with Crippen LogP contribution in [0.4, 0.5) is 10.5 Å². The summed E-state index contributed by atoms with van der Waals surface area (Å²) in [5.74, 6) is 0.324. The van der Waals surface area contributed by atoms with Crippen LogP contribution in [0.3, 0.4) is 0 Å². The van der Waals surface area contributed by atoms with E-state index in [1.54, 1.807) is 6.92 Å². The van der Waals surface area contributed by atoms with Crippen molar-refractivity contribution in [3.63, 3.8) is 0 Å². The molecule has 22 heavy (non-hydrogen) atoms. The Labute approximate surface area is 135 Å². The van der Waals surface area contributed by atoms with Gasteiger partial charge in [-0.3, -0.25) is 0 Å². The molecule has 1 heterocycles. The lowest BCUT2D eigenvalue weighted by Crippen LogP contribution is -2.40. The van der Waals surface area contributed by atoms with Crippen LogP contribution >= 0.6 is 11.3 Å². The van der Waals surface area contributed by atoms with E-state index in [1.807, 2.05) is 41.1 Å². The molecule has 1 unspecified atom stereocenters. The zero-order valence-electron chi connectivity index (χ0n) is 13.1. The molecule has 3 N–H and O–H groups in total. The number of benzene rings is 1. The molecule has 0 aliphatic carbocycles. The molecule has 2 rings (SSSR count). The first-order valence-corrected chi connectivity index (χ1v) is 8.23. The van der Waals surface area contributed by atoms with E-state index < -0.39 is 5.60 Å². The molecule has 0 saturated heterocycles. The predicted molar refractivity (Wildman–Crippen MR) is 91.4 cm³/mol. The maximum Gasteiger partial charge on any atom is 0.319 e. The van der Waals surface area contributed by atoms with E-state index in [-0.39, 0.29) is 12.6 Å². The van der Waals surface area contributed by atoms with Crippen LogP contribution in [0.5, 0.6) is 0 Å². The quantitative estimate of drug-likeness (QED) is 0.783. The maximum absolute atomic E-state index is 12.1. The number of carbonyl (C=O) groups is 1. The number of urea groups is 1. The van der Waals surface area contributed by atoms with Gasteiger partial charge in [0.05, 0.1) is 6.54 Å². The Hall–Kier alpha value is -1.85. The van der Waals surface area contributed by atoms with E-state index in [9.17, 15) is 9.90 Å². The number of thiophene rings is 1. The van der Waals surface area contributed by atoms with Crippen molar-refractivity contribution in [2.24, 2.45) is 0 Å². The van der Waals surface area contributed by atoms with Crippen molar-refractivity contribution < 1.29 is 9.90 Å². The smallest absolute Gasteiger partial charge is 0.319 e. The van der Waals surface area contributed by atoms with E-state index in [4.69, 9.17) is 0 Å². The van der Waals surface area contributed by atoms with Crippen molar-refractivity contribution in [1.29, 1.82) is 0 Å². The molecule has 4 nitrogen and oxygen atoms in total. The molecule has 1 atom stereocenters. The maximum atomic E-state index is 12.1. The summed E-state index contributed by atoms with van der Waals surface area (Å²) in [6, 6.07) is 9.28. The van der Waals surface area contributed by atoms with Crippen molar-refractivity contribution in [3.05, 3.63) is 52.2 Å². The van der Waals surface area contributed by atoms with E-state index in [0.717, 1.165) is 16.8 Å². The lowest BCUT2D eigenvalue weighted by Gasteiger charge is -2.23. The summed E-state index contributed by atoms with van der Waals surface area (Å²) in [7, 11) is 0. The van der Waals surface area contributed by atoms with Crippen LogP contribution < -0.4 is 10.6 Å². The second-order valence-corrected chi connectivity index (χ2v) is 6.62. The van der Waals surface area contributed by atoms with Gasteiger partial charge in [-0.1, -0.05) is 32.0 Å². The van der Waals surface area contributed by atoms with Crippen LogP contribution in [-0.4, -0.2) is 17.7 Å². The highest BCUT2D eigenvalue weighted by molar-refractivity contribution is 7.08. The van der Waals surface area contributed by atoms with Gasteiger partial charge in [0.15, 0.2) is 0 Å². The molecule has 5 heteroatoms. The molecular weight excluding hydrogens is 296 g/mol. The van der Waals surface area contributed by atoms with E-state index in [2.05, 4.69) is 24.5 Å². The van der Waals surface area contributed by atoms with Crippen LogP contribution in [0.1, 0.15) is 37.8 Å². The first-order valence-electron chi connectivity index (χ1n) is 7.29. The lowest BCUT2D eigenvalue weighted by atomic mass is 9.99. The SMILES string of the molecule is CC(C)c1ccccc1NC(=O)NCC(C)(O)c1ccsc1. The van der Waals surface area contributed by atoms with Gasteiger partial charge in [-0.15, -0.1) is 0 Å². The van der Waals surface area contributed by atoms with Gasteiger partial charge in [-0.2, -0.15) is 11.3 Å². The summed E-state index contributed by atoms with van der Waals surface area (Å²) < 4.78 is 0. The minimum absolute atomic E-state index is 0.152. The van der Waals surface area contributed by atoms with Crippen molar-refractivity contribution in [2.45, 2.75) is 32.3 Å². The van der Waals surface area contributed by atoms with Gasteiger partial charge in [0, 0.05) is 5.69 Å². The normalized spacial score (nSPS) is 13.7. The largest absolute Gasteiger partial charge is 0.384 e. The van der Waals surface area contributed by atoms with E-state index in [1.165, 1.54) is 11.3 Å². The second-order valence-electron chi connectivity index (χ2n) is 5.84. The first-order chi connectivity index (χ1) is 10.4. The number of carbonyl (C=O) groups excluding carboxylic acids is 1. The number of hydrogen-bond acceptors (Lipinski definition) is 3. The van der Waals surface area contributed by atoms with Crippen LogP contribution in [0.25, 0.3) is 0 Å². The molecule has 118 valence electrons. The van der Waals surface area contributed by atoms with Crippen molar-refractivity contribution in [1.82, 2.24) is 5.32 Å². The minimum Gasteiger partial charge on any atom is -0.384 e. The molecule has 0 spiro atoms. The molecule has 0 aliphatic rings. The molecule has 1 aromatic carbocycles. The van der Waals surface area contributed by atoms with Crippen molar-refractivity contribution >= 4 is 23.1 Å². The number of para-hydroxylation sites is 1. The third-order valence-electron chi connectivity index (χ3n) is 3.57. The van der Waals surface area contributed by atoms with Crippen molar-refractivity contribution in [2.75, 3.05) is 11.9 Å². The number of nitrogens with one attached hydrogen (secondary N) is 2. The van der Waals surface area contributed by atoms with Gasteiger partial charge in [0.1, 0.15) is 5.60 Å². The van der Waals surface area contributed by atoms with Gasteiger partial charge >= 0.3 is 6.03 Å². The third-order valence-corrected chi connectivity index (χ3v) is 4.25. The summed E-state index contributed by atoms with van der Waals surface area (Å²) in [4.78, 5) is 12.1. The summed E-state index contributed by atoms with van der Waals surface area (Å²) in [5, 5.41) is 19.8. The highest BCUT2D eigenvalue weighted by Crippen LogP contribution is 2.24. The number of anilines is 1. The Morgan fingerprint density at radius 1 is 1.32 bits per heavy atom. The van der Waals surface area contributed by atoms with Gasteiger partial charge in [-0.05, 0) is 46.9 Å². The van der Waals surface area contributed by atoms with Gasteiger partial charge < -0.3 is 15.7 Å². The summed E-state index contributed by atoms with van der Waals surface area (Å²) in [5.41, 5.74) is 1.61. The fourth-order valence-corrected chi connectivity index (χ4v) is 2.99. The fourth-order valence-electron chi connectivity index (χ4n) is 2.21. The molecule has 0 aliphatic heterocycles. The summed E-state index contributed by atoms with van der Waals surface area (Å²) in [6.07, 6.45) is 0. The van der Waals surface area contributed by atoms with Gasteiger partial charge in [0.2, 0.25) is 0 Å². The standard InChI is InChI=1S/C17H22N2O2S/c1-12(2)14-6-4-5-7-15(14)19-16(20)18-11-17(3,21)13-8-9-22-10-13/h4-10,12,21H,11H2,1-3H3,(H2,18,19,20). The van der Waals surface area contributed by atoms with Crippen LogP contribution in [0.15, 0.2) is 41.1 Å². The Morgan fingerprint density at radius 3 is 2.68 bits per heavy atom. The van der Waals surface area contributed by atoms with Gasteiger partial charge in [0.25, 0.3) is 0 Å². The zero-order chi connectivity index (χ0) is 16.2. The monoisotopic (exact) mass is 318 g/mol. The van der Waals surface area contributed by atoms with Gasteiger partial charge in [-0.25, -0.2) is 4.79 Å². The topological polar surface area (TPSA) is 61.4 Å². The number of amides is 2. The van der Waals surface area contributed by atoms with Crippen molar-refractivity contribution in [3.8, 4) is 0 Å². The number of hydrogen-bond donors (Lipinski definition) is 3.